The number of furan rings is 1. The molecule has 3 aromatic heterocycles. The Morgan fingerprint density at radius 1 is 0.345 bits per heavy atom. The van der Waals surface area contributed by atoms with Crippen LogP contribution in [-0.4, -0.2) is 0 Å². The molecule has 0 saturated carbocycles. The smallest absolute Gasteiger partial charge is 0.137 e. The van der Waals surface area contributed by atoms with Gasteiger partial charge in [0, 0.05) is 51.4 Å². The quantitative estimate of drug-likeness (QED) is 0.167. The molecule has 0 bridgehead atoms. The minimum absolute atomic E-state index is 0.873. The number of anilines is 3. The minimum Gasteiger partial charge on any atom is -0.456 e. The van der Waals surface area contributed by atoms with Crippen LogP contribution >= 0.6 is 22.7 Å². The Labute approximate surface area is 343 Å². The maximum Gasteiger partial charge on any atom is 0.137 e. The summed E-state index contributed by atoms with van der Waals surface area (Å²) >= 11 is 3.76. The molecule has 0 aliphatic heterocycles. The molecule has 0 N–H and O–H groups in total. The highest BCUT2D eigenvalue weighted by Gasteiger charge is 2.25. The third-order valence-electron chi connectivity index (χ3n) is 11.5. The van der Waals surface area contributed by atoms with Gasteiger partial charge in [0.1, 0.15) is 11.2 Å². The first-order chi connectivity index (χ1) is 28.8. The Morgan fingerprint density at radius 3 is 1.78 bits per heavy atom. The monoisotopic (exact) mass is 775 g/mol. The Kier molecular flexibility index (Phi) is 7.62. The van der Waals surface area contributed by atoms with Gasteiger partial charge in [0.25, 0.3) is 0 Å². The van der Waals surface area contributed by atoms with Crippen LogP contribution in [0.25, 0.3) is 95.7 Å². The summed E-state index contributed by atoms with van der Waals surface area (Å²) < 4.78 is 11.7. The summed E-state index contributed by atoms with van der Waals surface area (Å²) in [5, 5.41) is 7.22. The highest BCUT2D eigenvalue weighted by molar-refractivity contribution is 7.26. The van der Waals surface area contributed by atoms with Crippen LogP contribution in [0.1, 0.15) is 0 Å². The second-order valence-corrected chi connectivity index (χ2v) is 16.9. The first kappa shape index (κ1) is 33.2. The fourth-order valence-electron chi connectivity index (χ4n) is 8.82. The lowest BCUT2D eigenvalue weighted by Gasteiger charge is -2.28. The molecular formula is C54H33NOS2. The maximum absolute atomic E-state index is 6.54. The van der Waals surface area contributed by atoms with Gasteiger partial charge in [0.05, 0.1) is 16.8 Å². The SMILES string of the molecule is c1ccc(-c2ccc3c(c2)sc2c(-c4ccccc4)ccc(N(c4ccc5sc6c(-c7ccccc7)cccc6c5c4)c4cccc5oc6ccccc6c45)c23)cc1. The molecule has 58 heavy (non-hydrogen) atoms. The first-order valence-corrected chi connectivity index (χ1v) is 21.2. The number of nitrogens with zero attached hydrogens (tertiary/aromatic N) is 1. The number of benzene rings is 9. The molecule has 0 atom stereocenters. The second kappa shape index (κ2) is 13.3. The molecule has 0 saturated heterocycles. The third-order valence-corrected chi connectivity index (χ3v) is 13.9. The van der Waals surface area contributed by atoms with Crippen LogP contribution in [0.4, 0.5) is 17.1 Å². The molecule has 12 rings (SSSR count). The van der Waals surface area contributed by atoms with Crippen molar-refractivity contribution in [2.75, 3.05) is 4.90 Å². The van der Waals surface area contributed by atoms with Crippen molar-refractivity contribution in [1.29, 1.82) is 0 Å². The van der Waals surface area contributed by atoms with Gasteiger partial charge in [-0.05, 0) is 81.9 Å². The molecule has 0 spiro atoms. The Balaban J connectivity index is 1.17. The van der Waals surface area contributed by atoms with Crippen LogP contribution in [-0.2, 0) is 0 Å². The van der Waals surface area contributed by atoms with E-state index in [1.165, 1.54) is 73.7 Å². The number of hydrogen-bond acceptors (Lipinski definition) is 4. The molecule has 2 nitrogen and oxygen atoms in total. The van der Waals surface area contributed by atoms with Gasteiger partial charge in [-0.1, -0.05) is 152 Å². The van der Waals surface area contributed by atoms with E-state index in [0.29, 0.717) is 0 Å². The summed E-state index contributed by atoms with van der Waals surface area (Å²) in [5.74, 6) is 0. The van der Waals surface area contributed by atoms with Crippen molar-refractivity contribution in [3.05, 3.63) is 200 Å². The maximum atomic E-state index is 6.54. The largest absolute Gasteiger partial charge is 0.456 e. The number of fused-ring (bicyclic) bond motifs is 9. The lowest BCUT2D eigenvalue weighted by atomic mass is 9.98. The zero-order valence-corrected chi connectivity index (χ0v) is 32.9. The van der Waals surface area contributed by atoms with Crippen molar-refractivity contribution in [3.8, 4) is 33.4 Å². The molecular weight excluding hydrogens is 743 g/mol. The molecule has 4 heteroatoms. The predicted molar refractivity (Wildman–Crippen MR) is 250 cm³/mol. The topological polar surface area (TPSA) is 16.4 Å². The van der Waals surface area contributed by atoms with E-state index in [4.69, 9.17) is 4.42 Å². The molecule has 12 aromatic rings. The van der Waals surface area contributed by atoms with E-state index in [1.807, 2.05) is 22.7 Å². The van der Waals surface area contributed by atoms with E-state index in [1.54, 1.807) is 0 Å². The fourth-order valence-corrected chi connectivity index (χ4v) is 11.3. The van der Waals surface area contributed by atoms with Crippen LogP contribution in [0.3, 0.4) is 0 Å². The van der Waals surface area contributed by atoms with Gasteiger partial charge in [0.2, 0.25) is 0 Å². The van der Waals surface area contributed by atoms with Crippen LogP contribution in [0, 0.1) is 0 Å². The van der Waals surface area contributed by atoms with Crippen molar-refractivity contribution >= 4 is 102 Å². The molecule has 0 aliphatic carbocycles. The minimum atomic E-state index is 0.873. The van der Waals surface area contributed by atoms with Crippen LogP contribution in [0.5, 0.6) is 0 Å². The molecule has 0 amide bonds. The molecule has 0 aliphatic rings. The Bertz CT molecular complexity index is 3510. The van der Waals surface area contributed by atoms with E-state index < -0.39 is 0 Å². The summed E-state index contributed by atoms with van der Waals surface area (Å²) in [6.45, 7) is 0. The van der Waals surface area contributed by atoms with Crippen LogP contribution in [0.2, 0.25) is 0 Å². The van der Waals surface area contributed by atoms with Gasteiger partial charge in [-0.25, -0.2) is 0 Å². The van der Waals surface area contributed by atoms with Gasteiger partial charge >= 0.3 is 0 Å². The van der Waals surface area contributed by atoms with E-state index in [-0.39, 0.29) is 0 Å². The average molecular weight is 776 g/mol. The average Bonchev–Trinajstić information content (AvgIpc) is 3.99. The van der Waals surface area contributed by atoms with Gasteiger partial charge in [-0.15, -0.1) is 22.7 Å². The molecule has 3 heterocycles. The van der Waals surface area contributed by atoms with E-state index in [0.717, 1.165) is 39.0 Å². The van der Waals surface area contributed by atoms with Gasteiger partial charge < -0.3 is 9.32 Å². The lowest BCUT2D eigenvalue weighted by Crippen LogP contribution is -2.11. The lowest BCUT2D eigenvalue weighted by molar-refractivity contribution is 0.669. The first-order valence-electron chi connectivity index (χ1n) is 19.6. The highest BCUT2D eigenvalue weighted by atomic mass is 32.1. The van der Waals surface area contributed by atoms with Crippen molar-refractivity contribution in [2.45, 2.75) is 0 Å². The van der Waals surface area contributed by atoms with Crippen LogP contribution in [0.15, 0.2) is 205 Å². The van der Waals surface area contributed by atoms with Gasteiger partial charge in [0.15, 0.2) is 0 Å². The summed E-state index contributed by atoms with van der Waals surface area (Å²) in [7, 11) is 0. The van der Waals surface area contributed by atoms with E-state index in [2.05, 4.69) is 205 Å². The van der Waals surface area contributed by atoms with Crippen molar-refractivity contribution in [2.24, 2.45) is 0 Å². The standard InChI is InChI=1S/C54H33NOS2/c1-4-14-34(15-5-1)37-26-28-43-50(32-37)58-54-40(36-18-8-3-9-19-36)29-30-46(52(43)54)55(45-23-13-25-48-51(45)42-20-10-11-24-47(42)56-48)38-27-31-49-44(33-38)41-22-12-21-39(53(41)57-49)35-16-6-2-7-17-35/h1-33H. The second-order valence-electron chi connectivity index (χ2n) is 14.8. The third kappa shape index (κ3) is 5.23. The molecule has 0 fully saturated rings. The summed E-state index contributed by atoms with van der Waals surface area (Å²) in [5.41, 5.74) is 12.5. The summed E-state index contributed by atoms with van der Waals surface area (Å²) in [6.07, 6.45) is 0. The summed E-state index contributed by atoms with van der Waals surface area (Å²) in [4.78, 5) is 2.49. The number of thiophene rings is 2. The number of rotatable bonds is 6. The van der Waals surface area contributed by atoms with E-state index in [9.17, 15) is 0 Å². The zero-order valence-electron chi connectivity index (χ0n) is 31.2. The number of para-hydroxylation sites is 1. The Hall–Kier alpha value is -6.98. The zero-order chi connectivity index (χ0) is 38.2. The predicted octanol–water partition coefficient (Wildman–Crippen LogP) is 16.8. The normalized spacial score (nSPS) is 11.8. The molecule has 0 radical (unpaired) electrons. The molecule has 0 unspecified atom stereocenters. The van der Waals surface area contributed by atoms with E-state index >= 15 is 0 Å². The van der Waals surface area contributed by atoms with Crippen molar-refractivity contribution in [3.63, 3.8) is 0 Å². The van der Waals surface area contributed by atoms with Crippen molar-refractivity contribution < 1.29 is 4.42 Å². The van der Waals surface area contributed by atoms with Gasteiger partial charge in [-0.3, -0.25) is 0 Å². The fraction of sp³-hybridized carbons (Fsp3) is 0. The van der Waals surface area contributed by atoms with Crippen molar-refractivity contribution in [1.82, 2.24) is 0 Å². The number of hydrogen-bond donors (Lipinski definition) is 0. The van der Waals surface area contributed by atoms with Crippen LogP contribution < -0.4 is 4.90 Å². The summed E-state index contributed by atoms with van der Waals surface area (Å²) in [6, 6.07) is 72.6. The molecule has 272 valence electrons. The highest BCUT2D eigenvalue weighted by Crippen LogP contribution is 2.52. The van der Waals surface area contributed by atoms with Gasteiger partial charge in [-0.2, -0.15) is 0 Å². The Morgan fingerprint density at radius 2 is 0.983 bits per heavy atom. The molecule has 9 aromatic carbocycles.